The molecule has 4 heteroatoms. The fourth-order valence-electron chi connectivity index (χ4n) is 2.46. The van der Waals surface area contributed by atoms with Gasteiger partial charge in [0.1, 0.15) is 11.9 Å². The van der Waals surface area contributed by atoms with E-state index in [2.05, 4.69) is 16.7 Å². The largest absolute Gasteiger partial charge is 0.488 e. The van der Waals surface area contributed by atoms with E-state index in [4.69, 9.17) is 4.74 Å². The molecule has 2 aromatic rings. The summed E-state index contributed by atoms with van der Waals surface area (Å²) in [6, 6.07) is 15.4. The molecule has 0 fully saturated rings. The number of carbonyl (C=O) groups excluding carboxylic acids is 1. The summed E-state index contributed by atoms with van der Waals surface area (Å²) in [5.41, 5.74) is 2.85. The van der Waals surface area contributed by atoms with Crippen molar-refractivity contribution < 1.29 is 9.53 Å². The Morgan fingerprint density at radius 3 is 2.67 bits per heavy atom. The van der Waals surface area contributed by atoms with Gasteiger partial charge in [-0.25, -0.2) is 0 Å². The van der Waals surface area contributed by atoms with Crippen LogP contribution in [0, 0.1) is 0 Å². The van der Waals surface area contributed by atoms with Crippen LogP contribution in [0.2, 0.25) is 0 Å². The third-order valence-corrected chi connectivity index (χ3v) is 3.64. The quantitative estimate of drug-likeness (QED) is 0.905. The predicted octanol–water partition coefficient (Wildman–Crippen LogP) is 2.46. The summed E-state index contributed by atoms with van der Waals surface area (Å²) >= 11 is 0. The summed E-state index contributed by atoms with van der Waals surface area (Å²) in [4.78, 5) is 12.1. The maximum atomic E-state index is 12.1. The molecule has 2 N–H and O–H groups in total. The zero-order valence-corrected chi connectivity index (χ0v) is 11.9. The van der Waals surface area contributed by atoms with Gasteiger partial charge in [-0.05, 0) is 35.9 Å². The van der Waals surface area contributed by atoms with E-state index < -0.39 is 0 Å². The lowest BCUT2D eigenvalue weighted by molar-refractivity contribution is 0.0933. The Morgan fingerprint density at radius 1 is 1.19 bits per heavy atom. The number of fused-ring (bicyclic) bond motifs is 1. The normalized spacial score (nSPS) is 16.0. The number of amides is 1. The first-order chi connectivity index (χ1) is 10.3. The first-order valence-corrected chi connectivity index (χ1v) is 7.07. The highest BCUT2D eigenvalue weighted by atomic mass is 16.5. The molecule has 108 valence electrons. The molecule has 0 bridgehead atoms. The average Bonchev–Trinajstić information content (AvgIpc) is 2.95. The molecule has 1 atom stereocenters. The van der Waals surface area contributed by atoms with E-state index in [0.717, 1.165) is 17.9 Å². The van der Waals surface area contributed by atoms with E-state index in [1.165, 1.54) is 5.56 Å². The second kappa shape index (κ2) is 5.87. The average molecular weight is 282 g/mol. The Hall–Kier alpha value is -2.49. The lowest BCUT2D eigenvalue weighted by Gasteiger charge is -2.12. The van der Waals surface area contributed by atoms with Crippen LogP contribution in [-0.4, -0.2) is 25.6 Å². The molecule has 1 heterocycles. The van der Waals surface area contributed by atoms with E-state index in [1.54, 1.807) is 0 Å². The highest BCUT2D eigenvalue weighted by Crippen LogP contribution is 2.27. The Bertz CT molecular complexity index is 612. The van der Waals surface area contributed by atoms with Crippen LogP contribution in [-0.2, 0) is 6.42 Å². The molecule has 0 aliphatic carbocycles. The predicted molar refractivity (Wildman–Crippen MR) is 82.9 cm³/mol. The highest BCUT2D eigenvalue weighted by molar-refractivity contribution is 5.94. The van der Waals surface area contributed by atoms with Gasteiger partial charge in [0.05, 0.1) is 6.54 Å². The molecule has 0 radical (unpaired) electrons. The molecule has 1 aliphatic heterocycles. The zero-order valence-electron chi connectivity index (χ0n) is 11.9. The first-order valence-electron chi connectivity index (χ1n) is 7.07. The number of para-hydroxylation sites is 1. The van der Waals surface area contributed by atoms with Crippen molar-refractivity contribution in [3.63, 3.8) is 0 Å². The lowest BCUT2D eigenvalue weighted by atomic mass is 10.1. The minimum absolute atomic E-state index is 0.0166. The number of benzene rings is 2. The molecule has 3 rings (SSSR count). The molecule has 1 unspecified atom stereocenters. The summed E-state index contributed by atoms with van der Waals surface area (Å²) in [5, 5.41) is 5.96. The van der Waals surface area contributed by atoms with Gasteiger partial charge >= 0.3 is 0 Å². The smallest absolute Gasteiger partial charge is 0.251 e. The summed E-state index contributed by atoms with van der Waals surface area (Å²) in [6.45, 7) is 0.515. The molecule has 4 nitrogen and oxygen atoms in total. The molecule has 0 saturated carbocycles. The van der Waals surface area contributed by atoms with Crippen LogP contribution in [0.4, 0.5) is 5.69 Å². The van der Waals surface area contributed by atoms with Gasteiger partial charge in [0.2, 0.25) is 0 Å². The van der Waals surface area contributed by atoms with Gasteiger partial charge in [-0.15, -0.1) is 0 Å². The van der Waals surface area contributed by atoms with Gasteiger partial charge < -0.3 is 15.4 Å². The Kier molecular flexibility index (Phi) is 3.77. The van der Waals surface area contributed by atoms with E-state index in [-0.39, 0.29) is 12.0 Å². The minimum atomic E-state index is -0.0720. The number of ether oxygens (including phenoxy) is 1. The fraction of sp³-hybridized carbons (Fsp3) is 0.235. The number of hydrogen-bond acceptors (Lipinski definition) is 3. The SMILES string of the molecule is CNc1ccc(C(=O)NCC2Cc3ccccc3O2)cc1. The van der Waals surface area contributed by atoms with E-state index in [9.17, 15) is 4.79 Å². The Morgan fingerprint density at radius 2 is 1.95 bits per heavy atom. The summed E-state index contributed by atoms with van der Waals surface area (Å²) < 4.78 is 5.80. The van der Waals surface area contributed by atoms with Crippen LogP contribution in [0.15, 0.2) is 48.5 Å². The van der Waals surface area contributed by atoms with Crippen molar-refractivity contribution in [2.24, 2.45) is 0 Å². The van der Waals surface area contributed by atoms with Gasteiger partial charge in [-0.2, -0.15) is 0 Å². The molecule has 1 aliphatic rings. The highest BCUT2D eigenvalue weighted by Gasteiger charge is 2.22. The van der Waals surface area contributed by atoms with Gasteiger partial charge in [0.15, 0.2) is 0 Å². The summed E-state index contributed by atoms with van der Waals surface area (Å²) in [6.07, 6.45) is 0.859. The second-order valence-corrected chi connectivity index (χ2v) is 5.09. The minimum Gasteiger partial charge on any atom is -0.488 e. The van der Waals surface area contributed by atoms with Crippen LogP contribution in [0.5, 0.6) is 5.75 Å². The fourth-order valence-corrected chi connectivity index (χ4v) is 2.46. The van der Waals surface area contributed by atoms with Gasteiger partial charge in [-0.1, -0.05) is 18.2 Å². The van der Waals surface area contributed by atoms with Gasteiger partial charge in [0, 0.05) is 24.7 Å². The van der Waals surface area contributed by atoms with Crippen LogP contribution in [0.1, 0.15) is 15.9 Å². The van der Waals surface area contributed by atoms with Crippen LogP contribution in [0.25, 0.3) is 0 Å². The molecular formula is C17H18N2O2. The number of anilines is 1. The van der Waals surface area contributed by atoms with Gasteiger partial charge in [0.25, 0.3) is 5.91 Å². The van der Waals surface area contributed by atoms with E-state index in [0.29, 0.717) is 12.1 Å². The van der Waals surface area contributed by atoms with Crippen molar-refractivity contribution in [1.29, 1.82) is 0 Å². The second-order valence-electron chi connectivity index (χ2n) is 5.09. The Balaban J connectivity index is 1.55. The van der Waals surface area contributed by atoms with Crippen molar-refractivity contribution in [2.75, 3.05) is 18.9 Å². The molecule has 2 aromatic carbocycles. The summed E-state index contributed by atoms with van der Waals surface area (Å²) in [7, 11) is 1.85. The molecule has 0 aromatic heterocycles. The topological polar surface area (TPSA) is 50.4 Å². The number of hydrogen-bond donors (Lipinski definition) is 2. The number of carbonyl (C=O) groups is 1. The molecule has 21 heavy (non-hydrogen) atoms. The lowest BCUT2D eigenvalue weighted by Crippen LogP contribution is -2.34. The maximum absolute atomic E-state index is 12.1. The maximum Gasteiger partial charge on any atom is 0.251 e. The van der Waals surface area contributed by atoms with Crippen LogP contribution >= 0.6 is 0 Å². The van der Waals surface area contributed by atoms with Crippen LogP contribution < -0.4 is 15.4 Å². The van der Waals surface area contributed by atoms with Crippen molar-refractivity contribution in [2.45, 2.75) is 12.5 Å². The third-order valence-electron chi connectivity index (χ3n) is 3.64. The molecule has 1 amide bonds. The standard InChI is InChI=1S/C17H18N2O2/c1-18-14-8-6-12(7-9-14)17(20)19-11-15-10-13-4-2-3-5-16(13)21-15/h2-9,15,18H,10-11H2,1H3,(H,19,20). The van der Waals surface area contributed by atoms with Crippen LogP contribution in [0.3, 0.4) is 0 Å². The summed E-state index contributed by atoms with van der Waals surface area (Å²) in [5.74, 6) is 0.854. The van der Waals surface area contributed by atoms with Crippen molar-refractivity contribution in [3.05, 3.63) is 59.7 Å². The Labute approximate surface area is 124 Å². The molecule has 0 saturated heterocycles. The first kappa shape index (κ1) is 13.5. The van der Waals surface area contributed by atoms with Crippen molar-refractivity contribution in [3.8, 4) is 5.75 Å². The van der Waals surface area contributed by atoms with Crippen molar-refractivity contribution >= 4 is 11.6 Å². The molecule has 0 spiro atoms. The van der Waals surface area contributed by atoms with Gasteiger partial charge in [-0.3, -0.25) is 4.79 Å². The van der Waals surface area contributed by atoms with Crippen molar-refractivity contribution in [1.82, 2.24) is 5.32 Å². The number of nitrogens with one attached hydrogen (secondary N) is 2. The monoisotopic (exact) mass is 282 g/mol. The molecular weight excluding hydrogens is 264 g/mol. The number of rotatable bonds is 4. The zero-order chi connectivity index (χ0) is 14.7. The van der Waals surface area contributed by atoms with E-state index in [1.807, 2.05) is 49.5 Å². The van der Waals surface area contributed by atoms with E-state index >= 15 is 0 Å². The third kappa shape index (κ3) is 2.99.